The van der Waals surface area contributed by atoms with Crippen molar-refractivity contribution in [2.24, 2.45) is 23.5 Å². The molecule has 0 saturated heterocycles. The highest BCUT2D eigenvalue weighted by Gasteiger charge is 2.49. The minimum absolute atomic E-state index is 0.0836. The smallest absolute Gasteiger partial charge is 0.227 e. The zero-order chi connectivity index (χ0) is 12.4. The van der Waals surface area contributed by atoms with Crippen LogP contribution >= 0.6 is 0 Å². The molecule has 1 amide bonds. The average Bonchev–Trinajstić information content (AvgIpc) is 2.88. The number of amides is 1. The van der Waals surface area contributed by atoms with Crippen LogP contribution in [-0.2, 0) is 4.79 Å². The van der Waals surface area contributed by atoms with Crippen LogP contribution in [0.15, 0.2) is 12.7 Å². The molecule has 2 bridgehead atoms. The summed E-state index contributed by atoms with van der Waals surface area (Å²) >= 11 is 0. The standard InChI is InChI=1S/C14H24N2O/c1-3-7-16(8-4-2)14(17)12-10-5-6-11(9-10)13(12)15/h3,10-13H,1,4-9,15H2,2H3. The van der Waals surface area contributed by atoms with Crippen LogP contribution in [-0.4, -0.2) is 29.9 Å². The summed E-state index contributed by atoms with van der Waals surface area (Å²) in [6, 6.07) is 0.102. The van der Waals surface area contributed by atoms with Gasteiger partial charge in [0.1, 0.15) is 0 Å². The van der Waals surface area contributed by atoms with E-state index in [4.69, 9.17) is 5.73 Å². The maximum Gasteiger partial charge on any atom is 0.227 e. The number of hydrogen-bond acceptors (Lipinski definition) is 2. The molecule has 96 valence electrons. The van der Waals surface area contributed by atoms with E-state index >= 15 is 0 Å². The summed E-state index contributed by atoms with van der Waals surface area (Å²) in [5, 5.41) is 0. The lowest BCUT2D eigenvalue weighted by Crippen LogP contribution is -2.47. The van der Waals surface area contributed by atoms with Crippen molar-refractivity contribution in [3.05, 3.63) is 12.7 Å². The van der Waals surface area contributed by atoms with Crippen LogP contribution in [0.4, 0.5) is 0 Å². The molecule has 3 heteroatoms. The molecule has 2 saturated carbocycles. The summed E-state index contributed by atoms with van der Waals surface area (Å²) in [7, 11) is 0. The van der Waals surface area contributed by atoms with Crippen LogP contribution in [0.3, 0.4) is 0 Å². The third-order valence-corrected chi connectivity index (χ3v) is 4.42. The molecule has 4 atom stereocenters. The Morgan fingerprint density at radius 2 is 2.18 bits per heavy atom. The fourth-order valence-corrected chi connectivity index (χ4v) is 3.63. The maximum absolute atomic E-state index is 12.5. The first kappa shape index (κ1) is 12.6. The van der Waals surface area contributed by atoms with E-state index in [-0.39, 0.29) is 17.9 Å². The van der Waals surface area contributed by atoms with Crippen LogP contribution in [0.5, 0.6) is 0 Å². The molecule has 0 aromatic heterocycles. The Kier molecular flexibility index (Phi) is 3.87. The van der Waals surface area contributed by atoms with E-state index in [2.05, 4.69) is 13.5 Å². The highest BCUT2D eigenvalue weighted by Crippen LogP contribution is 2.48. The third-order valence-electron chi connectivity index (χ3n) is 4.42. The van der Waals surface area contributed by atoms with Crippen LogP contribution in [0.1, 0.15) is 32.6 Å². The Morgan fingerprint density at radius 3 is 2.71 bits per heavy atom. The molecule has 2 aliphatic rings. The highest BCUT2D eigenvalue weighted by atomic mass is 16.2. The lowest BCUT2D eigenvalue weighted by molar-refractivity contribution is -0.137. The molecule has 2 aliphatic carbocycles. The molecule has 17 heavy (non-hydrogen) atoms. The fourth-order valence-electron chi connectivity index (χ4n) is 3.63. The van der Waals surface area contributed by atoms with Crippen molar-refractivity contribution in [1.29, 1.82) is 0 Å². The molecular formula is C14H24N2O. The number of carbonyl (C=O) groups excluding carboxylic acids is 1. The molecule has 0 spiro atoms. The number of fused-ring (bicyclic) bond motifs is 2. The van der Waals surface area contributed by atoms with Crippen molar-refractivity contribution in [1.82, 2.24) is 4.90 Å². The van der Waals surface area contributed by atoms with Crippen molar-refractivity contribution >= 4 is 5.91 Å². The van der Waals surface area contributed by atoms with Crippen molar-refractivity contribution in [2.75, 3.05) is 13.1 Å². The van der Waals surface area contributed by atoms with E-state index < -0.39 is 0 Å². The molecule has 4 unspecified atom stereocenters. The summed E-state index contributed by atoms with van der Waals surface area (Å²) in [5.41, 5.74) is 6.22. The van der Waals surface area contributed by atoms with Gasteiger partial charge in [-0.2, -0.15) is 0 Å². The van der Waals surface area contributed by atoms with Gasteiger partial charge in [0.15, 0.2) is 0 Å². The average molecular weight is 236 g/mol. The van der Waals surface area contributed by atoms with E-state index in [9.17, 15) is 4.79 Å². The number of nitrogens with two attached hydrogens (primary N) is 1. The third kappa shape index (κ3) is 2.25. The number of carbonyl (C=O) groups is 1. The summed E-state index contributed by atoms with van der Waals surface area (Å²) in [6.07, 6.45) is 6.40. The Bertz CT molecular complexity index is 301. The second-order valence-electron chi connectivity index (χ2n) is 5.51. The van der Waals surface area contributed by atoms with Crippen LogP contribution < -0.4 is 5.73 Å². The van der Waals surface area contributed by atoms with Crippen molar-refractivity contribution in [3.8, 4) is 0 Å². The van der Waals surface area contributed by atoms with Gasteiger partial charge in [-0.3, -0.25) is 4.79 Å². The van der Waals surface area contributed by atoms with Gasteiger partial charge in [-0.25, -0.2) is 0 Å². The lowest BCUT2D eigenvalue weighted by atomic mass is 9.84. The predicted molar refractivity (Wildman–Crippen MR) is 69.4 cm³/mol. The minimum atomic E-state index is 0.0836. The van der Waals surface area contributed by atoms with Gasteiger partial charge in [-0.05, 0) is 37.5 Å². The molecule has 0 aromatic rings. The van der Waals surface area contributed by atoms with Gasteiger partial charge in [-0.1, -0.05) is 13.0 Å². The van der Waals surface area contributed by atoms with Crippen LogP contribution in [0.25, 0.3) is 0 Å². The minimum Gasteiger partial charge on any atom is -0.339 e. The van der Waals surface area contributed by atoms with Gasteiger partial charge in [0.05, 0.1) is 5.92 Å². The number of nitrogens with zero attached hydrogens (tertiary/aromatic N) is 1. The Labute approximate surface area is 104 Å². The van der Waals surface area contributed by atoms with Gasteiger partial charge in [0, 0.05) is 19.1 Å². The monoisotopic (exact) mass is 236 g/mol. The van der Waals surface area contributed by atoms with E-state index in [1.165, 1.54) is 19.3 Å². The van der Waals surface area contributed by atoms with E-state index in [0.717, 1.165) is 13.0 Å². The van der Waals surface area contributed by atoms with Crippen LogP contribution in [0, 0.1) is 17.8 Å². The highest BCUT2D eigenvalue weighted by molar-refractivity contribution is 5.80. The quantitative estimate of drug-likeness (QED) is 0.740. The Morgan fingerprint density at radius 1 is 1.47 bits per heavy atom. The van der Waals surface area contributed by atoms with Gasteiger partial charge in [0.2, 0.25) is 5.91 Å². The van der Waals surface area contributed by atoms with E-state index in [1.54, 1.807) is 0 Å². The SMILES string of the molecule is C=CCN(CCC)C(=O)C1C2CCC(C2)C1N. The molecule has 0 aliphatic heterocycles. The molecule has 0 aromatic carbocycles. The van der Waals surface area contributed by atoms with Crippen molar-refractivity contribution < 1.29 is 4.79 Å². The summed E-state index contributed by atoms with van der Waals surface area (Å²) in [5.74, 6) is 1.50. The largest absolute Gasteiger partial charge is 0.339 e. The topological polar surface area (TPSA) is 46.3 Å². The number of rotatable bonds is 5. The molecule has 2 rings (SSSR count). The van der Waals surface area contributed by atoms with Crippen LogP contribution in [0.2, 0.25) is 0 Å². The molecular weight excluding hydrogens is 212 g/mol. The van der Waals surface area contributed by atoms with Gasteiger partial charge in [-0.15, -0.1) is 6.58 Å². The first-order valence-electron chi connectivity index (χ1n) is 6.84. The zero-order valence-electron chi connectivity index (χ0n) is 10.8. The lowest BCUT2D eigenvalue weighted by Gasteiger charge is -2.32. The first-order valence-corrected chi connectivity index (χ1v) is 6.84. The first-order chi connectivity index (χ1) is 8.19. The predicted octanol–water partition coefficient (Wildman–Crippen LogP) is 1.78. The summed E-state index contributed by atoms with van der Waals surface area (Å²) in [6.45, 7) is 7.32. The van der Waals surface area contributed by atoms with Gasteiger partial charge >= 0.3 is 0 Å². The fraction of sp³-hybridized carbons (Fsp3) is 0.786. The normalized spacial score (nSPS) is 34.9. The molecule has 0 heterocycles. The number of hydrogen-bond donors (Lipinski definition) is 1. The van der Waals surface area contributed by atoms with Crippen molar-refractivity contribution in [2.45, 2.75) is 38.6 Å². The summed E-state index contributed by atoms with van der Waals surface area (Å²) < 4.78 is 0. The van der Waals surface area contributed by atoms with E-state index in [0.29, 0.717) is 18.4 Å². The second-order valence-corrected chi connectivity index (χ2v) is 5.51. The van der Waals surface area contributed by atoms with Gasteiger partial charge < -0.3 is 10.6 Å². The molecule has 2 fully saturated rings. The summed E-state index contributed by atoms with van der Waals surface area (Å²) in [4.78, 5) is 14.5. The Hall–Kier alpha value is -0.830. The second kappa shape index (κ2) is 5.21. The molecule has 2 N–H and O–H groups in total. The maximum atomic E-state index is 12.5. The molecule has 3 nitrogen and oxygen atoms in total. The van der Waals surface area contributed by atoms with Crippen molar-refractivity contribution in [3.63, 3.8) is 0 Å². The molecule has 0 radical (unpaired) electrons. The van der Waals surface area contributed by atoms with E-state index in [1.807, 2.05) is 11.0 Å². The zero-order valence-corrected chi connectivity index (χ0v) is 10.8. The van der Waals surface area contributed by atoms with Gasteiger partial charge in [0.25, 0.3) is 0 Å². The Balaban J connectivity index is 2.05.